The Morgan fingerprint density at radius 3 is 2.67 bits per heavy atom. The number of aromatic nitrogens is 1. The summed E-state index contributed by atoms with van der Waals surface area (Å²) in [5.41, 5.74) is 1.19. The molecule has 0 N–H and O–H groups in total. The molecule has 0 bridgehead atoms. The molecule has 0 atom stereocenters. The van der Waals surface area contributed by atoms with Gasteiger partial charge >= 0.3 is 0 Å². The fraction of sp³-hybridized carbons (Fsp3) is 0.333. The lowest BCUT2D eigenvalue weighted by molar-refractivity contribution is 0.0598. The molecule has 1 saturated heterocycles. The minimum absolute atomic E-state index is 0.0945. The smallest absolute Gasteiger partial charge is 0.289 e. The summed E-state index contributed by atoms with van der Waals surface area (Å²) in [5, 5.41) is 0.244. The third-order valence-corrected chi connectivity index (χ3v) is 3.78. The molecule has 3 heterocycles. The lowest BCUT2D eigenvalue weighted by Crippen LogP contribution is -2.48. The molecule has 1 aliphatic heterocycles. The van der Waals surface area contributed by atoms with Crippen LogP contribution in [0.1, 0.15) is 16.1 Å². The van der Waals surface area contributed by atoms with E-state index in [9.17, 15) is 4.79 Å². The summed E-state index contributed by atoms with van der Waals surface area (Å²) in [5.74, 6) is 0.212. The Balaban J connectivity index is 1.54. The maximum atomic E-state index is 12.2. The summed E-state index contributed by atoms with van der Waals surface area (Å²) in [6.45, 7) is 3.93. The molecule has 21 heavy (non-hydrogen) atoms. The van der Waals surface area contributed by atoms with E-state index in [1.165, 1.54) is 5.56 Å². The Bertz CT molecular complexity index is 606. The van der Waals surface area contributed by atoms with Crippen LogP contribution in [0, 0.1) is 0 Å². The number of furan rings is 1. The quantitative estimate of drug-likeness (QED) is 0.873. The molecule has 0 aromatic carbocycles. The number of nitrogens with zero attached hydrogens (tertiary/aromatic N) is 3. The van der Waals surface area contributed by atoms with E-state index in [0.717, 1.165) is 19.6 Å². The van der Waals surface area contributed by atoms with E-state index in [1.54, 1.807) is 23.2 Å². The predicted molar refractivity (Wildman–Crippen MR) is 79.1 cm³/mol. The van der Waals surface area contributed by atoms with Gasteiger partial charge in [-0.25, -0.2) is 0 Å². The van der Waals surface area contributed by atoms with Crippen LogP contribution in [0.4, 0.5) is 0 Å². The second-order valence-corrected chi connectivity index (χ2v) is 5.41. The van der Waals surface area contributed by atoms with Gasteiger partial charge in [-0.05, 0) is 35.4 Å². The number of carbonyl (C=O) groups is 1. The highest BCUT2D eigenvalue weighted by Gasteiger charge is 2.24. The van der Waals surface area contributed by atoms with Gasteiger partial charge in [0, 0.05) is 45.1 Å². The molecular weight excluding hydrogens is 290 g/mol. The molecule has 2 aromatic rings. The van der Waals surface area contributed by atoms with Gasteiger partial charge in [-0.3, -0.25) is 14.7 Å². The average molecular weight is 306 g/mol. The van der Waals surface area contributed by atoms with Crippen LogP contribution in [0.15, 0.2) is 41.1 Å². The molecule has 1 aliphatic rings. The first kappa shape index (κ1) is 14.1. The van der Waals surface area contributed by atoms with E-state index in [2.05, 4.69) is 16.0 Å². The number of pyridine rings is 1. The number of rotatable bonds is 3. The number of amides is 1. The first-order valence-electron chi connectivity index (χ1n) is 6.88. The Morgan fingerprint density at radius 1 is 1.24 bits per heavy atom. The number of hydrogen-bond donors (Lipinski definition) is 0. The van der Waals surface area contributed by atoms with Gasteiger partial charge in [0.15, 0.2) is 11.0 Å². The SMILES string of the molecule is O=C(c1ccc(Cl)o1)N1CCN(Cc2cccnc2)CC1. The second kappa shape index (κ2) is 6.28. The zero-order valence-corrected chi connectivity index (χ0v) is 12.3. The highest BCUT2D eigenvalue weighted by atomic mass is 35.5. The van der Waals surface area contributed by atoms with E-state index in [4.69, 9.17) is 16.0 Å². The van der Waals surface area contributed by atoms with Crippen LogP contribution >= 0.6 is 11.6 Å². The summed E-state index contributed by atoms with van der Waals surface area (Å²) >= 11 is 5.71. The molecule has 2 aromatic heterocycles. The van der Waals surface area contributed by atoms with Gasteiger partial charge in [-0.15, -0.1) is 0 Å². The molecule has 0 radical (unpaired) electrons. The van der Waals surface area contributed by atoms with Crippen molar-refractivity contribution in [2.45, 2.75) is 6.54 Å². The van der Waals surface area contributed by atoms with E-state index >= 15 is 0 Å². The largest absolute Gasteiger partial charge is 0.440 e. The van der Waals surface area contributed by atoms with E-state index in [-0.39, 0.29) is 11.1 Å². The van der Waals surface area contributed by atoms with Crippen LogP contribution in [-0.2, 0) is 6.54 Å². The van der Waals surface area contributed by atoms with E-state index in [0.29, 0.717) is 18.8 Å². The van der Waals surface area contributed by atoms with Crippen molar-refractivity contribution in [3.05, 3.63) is 53.2 Å². The lowest BCUT2D eigenvalue weighted by atomic mass is 10.2. The second-order valence-electron chi connectivity index (χ2n) is 5.03. The fourth-order valence-corrected chi connectivity index (χ4v) is 2.59. The molecular formula is C15H16ClN3O2. The molecule has 3 rings (SSSR count). The van der Waals surface area contributed by atoms with Crippen molar-refractivity contribution in [1.82, 2.24) is 14.8 Å². The summed E-state index contributed by atoms with van der Waals surface area (Å²) in [7, 11) is 0. The summed E-state index contributed by atoms with van der Waals surface area (Å²) in [6.07, 6.45) is 3.65. The molecule has 1 amide bonds. The number of hydrogen-bond acceptors (Lipinski definition) is 4. The molecule has 6 heteroatoms. The lowest BCUT2D eigenvalue weighted by Gasteiger charge is -2.34. The van der Waals surface area contributed by atoms with Crippen molar-refractivity contribution in [2.24, 2.45) is 0 Å². The minimum atomic E-state index is -0.0945. The number of carbonyl (C=O) groups excluding carboxylic acids is 1. The van der Waals surface area contributed by atoms with Gasteiger partial charge < -0.3 is 9.32 Å². The monoisotopic (exact) mass is 305 g/mol. The topological polar surface area (TPSA) is 49.6 Å². The van der Waals surface area contributed by atoms with Crippen molar-refractivity contribution in [3.8, 4) is 0 Å². The molecule has 1 fully saturated rings. The molecule has 110 valence electrons. The van der Waals surface area contributed by atoms with E-state index < -0.39 is 0 Å². The first-order valence-corrected chi connectivity index (χ1v) is 7.26. The maximum Gasteiger partial charge on any atom is 0.289 e. The Morgan fingerprint density at radius 2 is 2.05 bits per heavy atom. The van der Waals surface area contributed by atoms with Gasteiger partial charge in [0.25, 0.3) is 5.91 Å². The van der Waals surface area contributed by atoms with Crippen LogP contribution in [-0.4, -0.2) is 46.9 Å². The highest BCUT2D eigenvalue weighted by Crippen LogP contribution is 2.16. The maximum absolute atomic E-state index is 12.2. The zero-order chi connectivity index (χ0) is 14.7. The summed E-state index contributed by atoms with van der Waals surface area (Å²) in [4.78, 5) is 20.5. The fourth-order valence-electron chi connectivity index (χ4n) is 2.44. The van der Waals surface area contributed by atoms with Crippen molar-refractivity contribution < 1.29 is 9.21 Å². The molecule has 0 spiro atoms. The standard InChI is InChI=1S/C15H16ClN3O2/c16-14-4-3-13(21-14)15(20)19-8-6-18(7-9-19)11-12-2-1-5-17-10-12/h1-5,10H,6-9,11H2. The minimum Gasteiger partial charge on any atom is -0.440 e. The molecule has 0 aliphatic carbocycles. The number of halogens is 1. The Labute approximate surface area is 128 Å². The zero-order valence-electron chi connectivity index (χ0n) is 11.5. The van der Waals surface area contributed by atoms with E-state index in [1.807, 2.05) is 12.3 Å². The highest BCUT2D eigenvalue weighted by molar-refractivity contribution is 6.29. The first-order chi connectivity index (χ1) is 10.2. The van der Waals surface area contributed by atoms with Crippen molar-refractivity contribution in [2.75, 3.05) is 26.2 Å². The molecule has 0 saturated carbocycles. The van der Waals surface area contributed by atoms with Crippen LogP contribution < -0.4 is 0 Å². The average Bonchev–Trinajstić information content (AvgIpc) is 2.95. The Hall–Kier alpha value is -1.85. The normalized spacial score (nSPS) is 16.1. The third kappa shape index (κ3) is 3.43. The van der Waals surface area contributed by atoms with Crippen molar-refractivity contribution in [3.63, 3.8) is 0 Å². The molecule has 5 nitrogen and oxygen atoms in total. The molecule has 0 unspecified atom stereocenters. The Kier molecular flexibility index (Phi) is 4.22. The predicted octanol–water partition coefficient (Wildman–Crippen LogP) is 2.29. The van der Waals surface area contributed by atoms with Gasteiger partial charge in [0.1, 0.15) is 0 Å². The van der Waals surface area contributed by atoms with Gasteiger partial charge in [-0.1, -0.05) is 6.07 Å². The summed E-state index contributed by atoms with van der Waals surface area (Å²) < 4.78 is 5.17. The van der Waals surface area contributed by atoms with Crippen molar-refractivity contribution >= 4 is 17.5 Å². The summed E-state index contributed by atoms with van der Waals surface area (Å²) in [6, 6.07) is 7.21. The van der Waals surface area contributed by atoms with Crippen LogP contribution in [0.2, 0.25) is 5.22 Å². The van der Waals surface area contributed by atoms with Crippen molar-refractivity contribution in [1.29, 1.82) is 0 Å². The van der Waals surface area contributed by atoms with Crippen LogP contribution in [0.5, 0.6) is 0 Å². The van der Waals surface area contributed by atoms with Gasteiger partial charge in [0.2, 0.25) is 0 Å². The van der Waals surface area contributed by atoms with Gasteiger partial charge in [0.05, 0.1) is 0 Å². The number of piperazine rings is 1. The third-order valence-electron chi connectivity index (χ3n) is 3.57. The van der Waals surface area contributed by atoms with Gasteiger partial charge in [-0.2, -0.15) is 0 Å². The van der Waals surface area contributed by atoms with Crippen LogP contribution in [0.25, 0.3) is 0 Å². The van der Waals surface area contributed by atoms with Crippen LogP contribution in [0.3, 0.4) is 0 Å².